The maximum absolute atomic E-state index is 14.6. The summed E-state index contributed by atoms with van der Waals surface area (Å²) in [4.78, 5) is 30.9. The number of halogens is 1. The molecule has 1 N–H and O–H groups in total. The summed E-state index contributed by atoms with van der Waals surface area (Å²) in [7, 11) is 0. The molecule has 0 saturated carbocycles. The second-order valence-corrected chi connectivity index (χ2v) is 8.74. The van der Waals surface area contributed by atoms with Crippen LogP contribution in [0.4, 0.5) is 9.18 Å². The number of amides is 1. The van der Waals surface area contributed by atoms with Gasteiger partial charge >= 0.3 is 6.16 Å². The highest BCUT2D eigenvalue weighted by Gasteiger charge is 2.43. The van der Waals surface area contributed by atoms with Gasteiger partial charge in [0.1, 0.15) is 12.4 Å². The summed E-state index contributed by atoms with van der Waals surface area (Å²) in [6, 6.07) is 1.52. The molecule has 2 aliphatic heterocycles. The van der Waals surface area contributed by atoms with E-state index in [1.165, 1.54) is 11.6 Å². The molecule has 31 heavy (non-hydrogen) atoms. The number of carbonyl (C=O) groups excluding carboxylic acids is 1. The maximum atomic E-state index is 14.6. The number of nitrogens with zero attached hydrogens (tertiary/aromatic N) is 2. The number of hydrogen-bond acceptors (Lipinski definition) is 4. The number of pyridine rings is 1. The standard InChI is InChI=1S/C24H25FN2O4/c1-3-5-13-8-20-22-16(10-27(20)23(28)17(13)11-31-24(29)30)15-7-4-6-14-12(2)18(25)9-19(26-22)21(14)15/h8-9,13,17H,3-7,10-11H2,1-2H3,(H,29,30). The average Bonchev–Trinajstić information content (AvgIpc) is 3.11. The van der Waals surface area contributed by atoms with Crippen LogP contribution in [-0.2, 0) is 28.9 Å². The van der Waals surface area contributed by atoms with Crippen molar-refractivity contribution in [2.75, 3.05) is 6.61 Å². The van der Waals surface area contributed by atoms with Crippen LogP contribution in [0, 0.1) is 24.6 Å². The molecule has 3 heterocycles. The second-order valence-electron chi connectivity index (χ2n) is 8.74. The summed E-state index contributed by atoms with van der Waals surface area (Å²) in [5, 5.41) is 9.98. The fraction of sp³-hybridized carbons (Fsp3) is 0.458. The van der Waals surface area contributed by atoms with Crippen molar-refractivity contribution in [3.63, 3.8) is 0 Å². The van der Waals surface area contributed by atoms with Crippen LogP contribution in [0.25, 0.3) is 16.6 Å². The van der Waals surface area contributed by atoms with Gasteiger partial charge in [0.25, 0.3) is 0 Å². The van der Waals surface area contributed by atoms with E-state index in [2.05, 4.69) is 0 Å². The Morgan fingerprint density at radius 2 is 2.10 bits per heavy atom. The smallest absolute Gasteiger partial charge is 0.450 e. The van der Waals surface area contributed by atoms with Crippen LogP contribution in [-0.4, -0.2) is 33.7 Å². The Morgan fingerprint density at radius 1 is 1.32 bits per heavy atom. The molecule has 7 heteroatoms. The molecule has 0 saturated heterocycles. The van der Waals surface area contributed by atoms with E-state index in [1.54, 1.807) is 4.90 Å². The van der Waals surface area contributed by atoms with Crippen LogP contribution < -0.4 is 0 Å². The highest BCUT2D eigenvalue weighted by atomic mass is 19.1. The average molecular weight is 424 g/mol. The SMILES string of the molecule is CCCC1C=C2c3nc4cc(F)c(C)c5c4c(c3CN2C(=O)C1COC(=O)O)CCC5. The molecule has 2 atom stereocenters. The number of allylic oxidation sites excluding steroid dienone is 1. The summed E-state index contributed by atoms with van der Waals surface area (Å²) < 4.78 is 19.4. The van der Waals surface area contributed by atoms with E-state index >= 15 is 0 Å². The number of aryl methyl sites for hydroxylation is 2. The molecular weight excluding hydrogens is 399 g/mol. The quantitative estimate of drug-likeness (QED) is 0.726. The van der Waals surface area contributed by atoms with E-state index < -0.39 is 12.1 Å². The number of rotatable bonds is 4. The van der Waals surface area contributed by atoms with Crippen LogP contribution in [0.2, 0.25) is 0 Å². The Kier molecular flexibility index (Phi) is 4.72. The van der Waals surface area contributed by atoms with Crippen LogP contribution in [0.1, 0.15) is 54.1 Å². The number of fused-ring (bicyclic) bond motifs is 4. The molecule has 1 aromatic carbocycles. The van der Waals surface area contributed by atoms with Gasteiger partial charge in [-0.05, 0) is 55.2 Å². The second kappa shape index (κ2) is 7.32. The van der Waals surface area contributed by atoms with Crippen molar-refractivity contribution in [1.82, 2.24) is 9.88 Å². The molecule has 0 spiro atoms. The summed E-state index contributed by atoms with van der Waals surface area (Å²) in [6.45, 7) is 4.14. The highest BCUT2D eigenvalue weighted by molar-refractivity contribution is 5.97. The molecule has 2 unspecified atom stereocenters. The highest BCUT2D eigenvalue weighted by Crippen LogP contribution is 2.45. The predicted molar refractivity (Wildman–Crippen MR) is 113 cm³/mol. The summed E-state index contributed by atoms with van der Waals surface area (Å²) in [6.07, 6.45) is 4.97. The Balaban J connectivity index is 1.65. The minimum Gasteiger partial charge on any atom is -0.450 e. The van der Waals surface area contributed by atoms with Crippen LogP contribution in [0.3, 0.4) is 0 Å². The molecule has 0 radical (unpaired) electrons. The van der Waals surface area contributed by atoms with Gasteiger partial charge in [0, 0.05) is 17.0 Å². The van der Waals surface area contributed by atoms with Gasteiger partial charge in [0.2, 0.25) is 5.91 Å². The Labute approximate surface area is 179 Å². The lowest BCUT2D eigenvalue weighted by atomic mass is 9.83. The first-order chi connectivity index (χ1) is 14.9. The minimum absolute atomic E-state index is 0.117. The molecule has 3 aliphatic rings. The van der Waals surface area contributed by atoms with Crippen LogP contribution >= 0.6 is 0 Å². The van der Waals surface area contributed by atoms with E-state index in [0.29, 0.717) is 17.6 Å². The van der Waals surface area contributed by atoms with Gasteiger partial charge in [0.05, 0.1) is 29.4 Å². The molecular formula is C24H25FN2O4. The predicted octanol–water partition coefficient (Wildman–Crippen LogP) is 4.59. The van der Waals surface area contributed by atoms with Crippen molar-refractivity contribution in [1.29, 1.82) is 0 Å². The first kappa shape index (κ1) is 20.0. The lowest BCUT2D eigenvalue weighted by Crippen LogP contribution is -2.41. The number of hydrogen-bond donors (Lipinski definition) is 1. The van der Waals surface area contributed by atoms with Crippen molar-refractivity contribution >= 4 is 28.7 Å². The zero-order valence-corrected chi connectivity index (χ0v) is 17.7. The number of aromatic nitrogens is 1. The van der Waals surface area contributed by atoms with Crippen molar-refractivity contribution in [3.8, 4) is 0 Å². The molecule has 0 bridgehead atoms. The van der Waals surface area contributed by atoms with E-state index in [9.17, 15) is 14.0 Å². The van der Waals surface area contributed by atoms with Crippen LogP contribution in [0.5, 0.6) is 0 Å². The Hall–Kier alpha value is -2.96. The van der Waals surface area contributed by atoms with Gasteiger partial charge in [-0.2, -0.15) is 0 Å². The van der Waals surface area contributed by atoms with Gasteiger partial charge in [-0.3, -0.25) is 4.79 Å². The van der Waals surface area contributed by atoms with Crippen molar-refractivity contribution in [3.05, 3.63) is 45.9 Å². The fourth-order valence-electron chi connectivity index (χ4n) is 5.52. The molecule has 1 aliphatic carbocycles. The number of ether oxygens (including phenoxy) is 1. The topological polar surface area (TPSA) is 79.7 Å². The van der Waals surface area contributed by atoms with E-state index in [1.807, 2.05) is 19.9 Å². The Morgan fingerprint density at radius 3 is 2.84 bits per heavy atom. The van der Waals surface area contributed by atoms with Gasteiger partial charge < -0.3 is 14.7 Å². The monoisotopic (exact) mass is 424 g/mol. The van der Waals surface area contributed by atoms with Crippen LogP contribution in [0.15, 0.2) is 12.1 Å². The third-order valence-electron chi connectivity index (χ3n) is 7.00. The van der Waals surface area contributed by atoms with Gasteiger partial charge in [-0.1, -0.05) is 19.4 Å². The van der Waals surface area contributed by atoms with Crippen molar-refractivity contribution < 1.29 is 23.8 Å². The number of carboxylic acid groups (broad SMARTS) is 1. The lowest BCUT2D eigenvalue weighted by Gasteiger charge is -2.33. The third-order valence-corrected chi connectivity index (χ3v) is 7.00. The maximum Gasteiger partial charge on any atom is 0.505 e. The molecule has 162 valence electrons. The first-order valence-corrected chi connectivity index (χ1v) is 10.9. The lowest BCUT2D eigenvalue weighted by molar-refractivity contribution is -0.136. The zero-order chi connectivity index (χ0) is 21.9. The molecule has 1 aromatic heterocycles. The van der Waals surface area contributed by atoms with E-state index in [-0.39, 0.29) is 24.2 Å². The molecule has 5 rings (SSSR count). The first-order valence-electron chi connectivity index (χ1n) is 10.9. The Bertz CT molecular complexity index is 1160. The summed E-state index contributed by atoms with van der Waals surface area (Å²) in [5.74, 6) is -1.01. The molecule has 1 amide bonds. The van der Waals surface area contributed by atoms with E-state index in [0.717, 1.165) is 60.0 Å². The molecule has 0 fully saturated rings. The molecule has 6 nitrogen and oxygen atoms in total. The summed E-state index contributed by atoms with van der Waals surface area (Å²) >= 11 is 0. The van der Waals surface area contributed by atoms with Gasteiger partial charge in [-0.15, -0.1) is 0 Å². The largest absolute Gasteiger partial charge is 0.505 e. The van der Waals surface area contributed by atoms with Crippen molar-refractivity contribution in [2.24, 2.45) is 11.8 Å². The zero-order valence-electron chi connectivity index (χ0n) is 17.7. The minimum atomic E-state index is -1.37. The molecule has 2 aromatic rings. The van der Waals surface area contributed by atoms with Gasteiger partial charge in [-0.25, -0.2) is 14.2 Å². The van der Waals surface area contributed by atoms with Gasteiger partial charge in [0.15, 0.2) is 0 Å². The third kappa shape index (κ3) is 3.01. The van der Waals surface area contributed by atoms with E-state index in [4.69, 9.17) is 14.8 Å². The number of benzene rings is 1. The fourth-order valence-corrected chi connectivity index (χ4v) is 5.52. The summed E-state index contributed by atoms with van der Waals surface area (Å²) in [5.41, 5.74) is 6.16. The number of carbonyl (C=O) groups is 2. The van der Waals surface area contributed by atoms with Crippen molar-refractivity contribution in [2.45, 2.75) is 52.5 Å². The normalized spacial score (nSPS) is 21.7.